The summed E-state index contributed by atoms with van der Waals surface area (Å²) in [7, 11) is 3.14. The van der Waals surface area contributed by atoms with Gasteiger partial charge >= 0.3 is 0 Å². The smallest absolute Gasteiger partial charge is 0.291 e. The summed E-state index contributed by atoms with van der Waals surface area (Å²) in [5.74, 6) is 1.10. The molecule has 1 heterocycles. The van der Waals surface area contributed by atoms with Crippen LogP contribution in [0.25, 0.3) is 6.08 Å². The molecule has 0 bridgehead atoms. The minimum atomic E-state index is -0.430. The Morgan fingerprint density at radius 1 is 1.09 bits per heavy atom. The lowest BCUT2D eigenvalue weighted by Crippen LogP contribution is -2.26. The van der Waals surface area contributed by atoms with Gasteiger partial charge in [-0.15, -0.1) is 0 Å². The third-order valence-corrected chi connectivity index (χ3v) is 5.40. The average Bonchev–Trinajstić information content (AvgIpc) is 2.83. The van der Waals surface area contributed by atoms with Gasteiger partial charge in [0.2, 0.25) is 0 Å². The van der Waals surface area contributed by atoms with Crippen molar-refractivity contribution in [2.24, 2.45) is 0 Å². The van der Waals surface area contributed by atoms with Crippen LogP contribution in [0.15, 0.2) is 66.4 Å². The molecule has 0 aliphatic carbocycles. The van der Waals surface area contributed by atoms with Crippen LogP contribution in [0.2, 0.25) is 5.02 Å². The number of methoxy groups -OCH3 is 2. The van der Waals surface area contributed by atoms with E-state index < -0.39 is 5.91 Å². The topological polar surface area (TPSA) is 85.9 Å². The lowest BCUT2D eigenvalue weighted by atomic mass is 10.1. The van der Waals surface area contributed by atoms with Gasteiger partial charge in [-0.3, -0.25) is 9.59 Å². The molecule has 8 heteroatoms. The van der Waals surface area contributed by atoms with Crippen molar-refractivity contribution < 1.29 is 23.8 Å². The highest BCUT2D eigenvalue weighted by Crippen LogP contribution is 2.33. The van der Waals surface area contributed by atoms with E-state index >= 15 is 0 Å². The van der Waals surface area contributed by atoms with Gasteiger partial charge in [0.1, 0.15) is 11.5 Å². The minimum Gasteiger partial charge on any atom is -0.497 e. The quantitative estimate of drug-likeness (QED) is 0.518. The zero-order valence-corrected chi connectivity index (χ0v) is 18.7. The fourth-order valence-corrected chi connectivity index (χ4v) is 3.52. The summed E-state index contributed by atoms with van der Waals surface area (Å²) in [4.78, 5) is 25.2. The van der Waals surface area contributed by atoms with Gasteiger partial charge in [0.25, 0.3) is 11.8 Å². The SMILES string of the molecule is COc1ccc(OC)c(CNC(=O)c2ccc3c(c2)NC(=O)/C(=C/c2ccccc2Cl)O3)c1. The normalized spacial score (nSPS) is 13.5. The number of rotatable bonds is 6. The maximum Gasteiger partial charge on any atom is 0.291 e. The van der Waals surface area contributed by atoms with Crippen molar-refractivity contribution in [3.8, 4) is 17.2 Å². The van der Waals surface area contributed by atoms with Crippen molar-refractivity contribution in [3.63, 3.8) is 0 Å². The van der Waals surface area contributed by atoms with Crippen molar-refractivity contribution in [1.29, 1.82) is 0 Å². The molecule has 0 saturated carbocycles. The summed E-state index contributed by atoms with van der Waals surface area (Å²) in [6.45, 7) is 0.240. The molecule has 4 rings (SSSR count). The van der Waals surface area contributed by atoms with E-state index in [4.69, 9.17) is 25.8 Å². The van der Waals surface area contributed by atoms with E-state index in [1.54, 1.807) is 74.9 Å². The number of anilines is 1. The Hall–Kier alpha value is -3.97. The Balaban J connectivity index is 1.49. The first-order valence-electron chi connectivity index (χ1n) is 10.1. The number of hydrogen-bond donors (Lipinski definition) is 2. The van der Waals surface area contributed by atoms with Gasteiger partial charge in [-0.1, -0.05) is 29.8 Å². The van der Waals surface area contributed by atoms with E-state index in [9.17, 15) is 9.59 Å². The monoisotopic (exact) mass is 464 g/mol. The Morgan fingerprint density at radius 3 is 2.67 bits per heavy atom. The predicted molar refractivity (Wildman–Crippen MR) is 126 cm³/mol. The standard InChI is InChI=1S/C25H21ClN2O5/c1-31-18-8-10-21(32-2)17(11-18)14-27-24(29)16-7-9-22-20(12-16)28-25(30)23(33-22)13-15-5-3-4-6-19(15)26/h3-13H,14H2,1-2H3,(H,27,29)(H,28,30)/b23-13-. The molecule has 0 fully saturated rings. The third-order valence-electron chi connectivity index (χ3n) is 5.05. The highest BCUT2D eigenvalue weighted by molar-refractivity contribution is 6.32. The highest BCUT2D eigenvalue weighted by atomic mass is 35.5. The first-order chi connectivity index (χ1) is 16.0. The molecule has 7 nitrogen and oxygen atoms in total. The van der Waals surface area contributed by atoms with Gasteiger partial charge in [-0.05, 0) is 54.1 Å². The molecule has 1 aliphatic rings. The van der Waals surface area contributed by atoms with E-state index in [2.05, 4.69) is 10.6 Å². The molecule has 3 aromatic rings. The predicted octanol–water partition coefficient (Wildman–Crippen LogP) is 4.66. The van der Waals surface area contributed by atoms with Crippen molar-refractivity contribution in [2.45, 2.75) is 6.54 Å². The molecule has 0 spiro atoms. The van der Waals surface area contributed by atoms with Crippen LogP contribution in [0.5, 0.6) is 17.2 Å². The molecule has 33 heavy (non-hydrogen) atoms. The fourth-order valence-electron chi connectivity index (χ4n) is 3.33. The number of halogens is 1. The largest absolute Gasteiger partial charge is 0.497 e. The molecule has 2 N–H and O–H groups in total. The van der Waals surface area contributed by atoms with Gasteiger partial charge in [0.15, 0.2) is 11.5 Å². The molecule has 168 valence electrons. The lowest BCUT2D eigenvalue weighted by molar-refractivity contribution is -0.115. The summed E-state index contributed by atoms with van der Waals surface area (Å²) >= 11 is 6.17. The van der Waals surface area contributed by atoms with E-state index in [1.165, 1.54) is 0 Å². The van der Waals surface area contributed by atoms with Gasteiger partial charge in [-0.25, -0.2) is 0 Å². The van der Waals surface area contributed by atoms with Crippen LogP contribution < -0.4 is 24.8 Å². The molecule has 0 saturated heterocycles. The second-order valence-corrected chi connectivity index (χ2v) is 7.56. The molecule has 0 radical (unpaired) electrons. The molecule has 0 unspecified atom stereocenters. The highest BCUT2D eigenvalue weighted by Gasteiger charge is 2.23. The van der Waals surface area contributed by atoms with Crippen LogP contribution in [0.3, 0.4) is 0 Å². The number of carbonyl (C=O) groups excluding carboxylic acids is 2. The summed E-state index contributed by atoms with van der Waals surface area (Å²) in [5, 5.41) is 6.12. The minimum absolute atomic E-state index is 0.109. The van der Waals surface area contributed by atoms with Crippen molar-refractivity contribution >= 4 is 35.2 Å². The fraction of sp³-hybridized carbons (Fsp3) is 0.120. The van der Waals surface area contributed by atoms with Crippen molar-refractivity contribution in [3.05, 3.63) is 88.1 Å². The maximum absolute atomic E-state index is 12.7. The van der Waals surface area contributed by atoms with Gasteiger partial charge in [-0.2, -0.15) is 0 Å². The lowest BCUT2D eigenvalue weighted by Gasteiger charge is -2.20. The first kappa shape index (κ1) is 22.2. The number of carbonyl (C=O) groups is 2. The van der Waals surface area contributed by atoms with Crippen LogP contribution in [-0.2, 0) is 11.3 Å². The number of nitrogens with one attached hydrogen (secondary N) is 2. The maximum atomic E-state index is 12.7. The zero-order chi connectivity index (χ0) is 23.4. The molecular weight excluding hydrogens is 444 g/mol. The molecule has 1 aliphatic heterocycles. The first-order valence-corrected chi connectivity index (χ1v) is 10.4. The van der Waals surface area contributed by atoms with Crippen molar-refractivity contribution in [2.75, 3.05) is 19.5 Å². The van der Waals surface area contributed by atoms with E-state index in [-0.39, 0.29) is 18.2 Å². The molecule has 3 aromatic carbocycles. The van der Waals surface area contributed by atoms with Crippen LogP contribution in [0.1, 0.15) is 21.5 Å². The molecule has 2 amide bonds. The number of benzene rings is 3. The number of fused-ring (bicyclic) bond motifs is 1. The Kier molecular flexibility index (Phi) is 6.51. The van der Waals surface area contributed by atoms with Gasteiger partial charge in [0.05, 0.1) is 19.9 Å². The Bertz CT molecular complexity index is 1260. The third kappa shape index (κ3) is 4.94. The Labute approximate surface area is 195 Å². The van der Waals surface area contributed by atoms with E-state index in [0.717, 1.165) is 5.56 Å². The zero-order valence-electron chi connectivity index (χ0n) is 18.0. The molecule has 0 aromatic heterocycles. The van der Waals surface area contributed by atoms with E-state index in [1.807, 2.05) is 6.07 Å². The van der Waals surface area contributed by atoms with Crippen LogP contribution >= 0.6 is 11.6 Å². The number of amides is 2. The van der Waals surface area contributed by atoms with Gasteiger partial charge < -0.3 is 24.8 Å². The Morgan fingerprint density at radius 2 is 1.91 bits per heavy atom. The van der Waals surface area contributed by atoms with E-state index in [0.29, 0.717) is 39.1 Å². The summed E-state index contributed by atoms with van der Waals surface area (Å²) in [6.07, 6.45) is 1.57. The average molecular weight is 465 g/mol. The molecular formula is C25H21ClN2O5. The second-order valence-electron chi connectivity index (χ2n) is 7.16. The summed E-state index contributed by atoms with van der Waals surface area (Å²) < 4.78 is 16.3. The summed E-state index contributed by atoms with van der Waals surface area (Å²) in [6, 6.07) is 17.3. The van der Waals surface area contributed by atoms with Crippen LogP contribution in [-0.4, -0.2) is 26.0 Å². The second kappa shape index (κ2) is 9.67. The van der Waals surface area contributed by atoms with Crippen molar-refractivity contribution in [1.82, 2.24) is 5.32 Å². The number of ether oxygens (including phenoxy) is 3. The number of hydrogen-bond acceptors (Lipinski definition) is 5. The summed E-state index contributed by atoms with van der Waals surface area (Å²) in [5.41, 5.74) is 2.21. The van der Waals surface area contributed by atoms with Crippen LogP contribution in [0, 0.1) is 0 Å². The van der Waals surface area contributed by atoms with Gasteiger partial charge in [0, 0.05) is 22.7 Å². The van der Waals surface area contributed by atoms with Crippen LogP contribution in [0.4, 0.5) is 5.69 Å². The molecule has 0 atom stereocenters.